The van der Waals surface area contributed by atoms with Crippen LogP contribution in [0.4, 0.5) is 13.2 Å². The number of hydrogen-bond donors (Lipinski definition) is 0. The molecule has 2 amide bonds. The number of rotatable bonds is 15. The Morgan fingerprint density at radius 1 is 0.846 bits per heavy atom. The van der Waals surface area contributed by atoms with E-state index in [4.69, 9.17) is 4.74 Å². The number of hydrogen-bond acceptors (Lipinski definition) is 5. The molecule has 274 valence electrons. The molecule has 1 aliphatic heterocycles. The smallest absolute Gasteiger partial charge is 0.416 e. The summed E-state index contributed by atoms with van der Waals surface area (Å²) in [6, 6.07) is 25.5. The van der Waals surface area contributed by atoms with Crippen LogP contribution in [0, 0.1) is 0 Å². The van der Waals surface area contributed by atoms with Gasteiger partial charge in [0.05, 0.1) is 12.7 Å². The first-order valence-electron chi connectivity index (χ1n) is 17.9. The second kappa shape index (κ2) is 18.5. The summed E-state index contributed by atoms with van der Waals surface area (Å²) in [4.78, 5) is 38.7. The summed E-state index contributed by atoms with van der Waals surface area (Å²) < 4.78 is 44.7. The third-order valence-corrected chi connectivity index (χ3v) is 9.41. The first kappa shape index (κ1) is 38.3. The second-order valence-corrected chi connectivity index (χ2v) is 13.2. The lowest BCUT2D eigenvalue weighted by molar-refractivity contribution is -0.145. The maximum Gasteiger partial charge on any atom is 0.416 e. The van der Waals surface area contributed by atoms with Crippen LogP contribution in [0.1, 0.15) is 59.6 Å². The molecule has 4 aromatic rings. The Labute approximate surface area is 304 Å². The van der Waals surface area contributed by atoms with E-state index in [-0.39, 0.29) is 12.5 Å². The van der Waals surface area contributed by atoms with Gasteiger partial charge in [-0.2, -0.15) is 13.2 Å². The monoisotopic (exact) mass is 712 g/mol. The highest BCUT2D eigenvalue weighted by molar-refractivity contribution is 5.95. The molecule has 1 fully saturated rings. The van der Waals surface area contributed by atoms with Crippen molar-refractivity contribution >= 4 is 17.9 Å². The maximum absolute atomic E-state index is 14.5. The zero-order chi connectivity index (χ0) is 36.9. The third kappa shape index (κ3) is 11.0. The molecule has 0 saturated carbocycles. The molecule has 7 nitrogen and oxygen atoms in total. The number of unbranched alkanes of at least 4 members (excludes halogenated alkanes) is 2. The highest BCUT2D eigenvalue weighted by Crippen LogP contribution is 2.29. The van der Waals surface area contributed by atoms with Crippen LogP contribution in [0.3, 0.4) is 0 Å². The number of aryl methyl sites for hydroxylation is 1. The van der Waals surface area contributed by atoms with Gasteiger partial charge in [-0.25, -0.2) is 4.98 Å². The average molecular weight is 713 g/mol. The summed E-state index contributed by atoms with van der Waals surface area (Å²) in [5, 5.41) is 0. The topological polar surface area (TPSA) is 66.0 Å². The van der Waals surface area contributed by atoms with Crippen molar-refractivity contribution in [1.82, 2.24) is 19.7 Å². The van der Waals surface area contributed by atoms with E-state index in [1.54, 1.807) is 18.2 Å². The number of nitrogens with zero attached hydrogens (tertiary/aromatic N) is 4. The molecule has 5 rings (SSSR count). The molecule has 1 aliphatic rings. The first-order chi connectivity index (χ1) is 25.1. The van der Waals surface area contributed by atoms with Crippen molar-refractivity contribution in [2.24, 2.45) is 0 Å². The van der Waals surface area contributed by atoms with Crippen LogP contribution in [0.2, 0.25) is 0 Å². The highest BCUT2D eigenvalue weighted by Gasteiger charge is 2.34. The quantitative estimate of drug-likeness (QED) is 0.0929. The molecule has 0 radical (unpaired) electrons. The van der Waals surface area contributed by atoms with Gasteiger partial charge in [-0.3, -0.25) is 14.5 Å². The SMILES string of the molecule is CCCCCc1ccc(CN(C(=O)/C=C\c2ccc(C(F)(F)F)cc2)[C@@H](Cc2ccccc2)C(=O)N2CCN(Cc3ccc(OC)nc3)CC2)cc1. The molecule has 52 heavy (non-hydrogen) atoms. The van der Waals surface area contributed by atoms with E-state index in [2.05, 4.69) is 28.9 Å². The van der Waals surface area contributed by atoms with E-state index in [0.717, 1.165) is 54.5 Å². The molecular formula is C42H47F3N4O3. The van der Waals surface area contributed by atoms with Crippen LogP contribution in [0.15, 0.2) is 103 Å². The molecular weight excluding hydrogens is 665 g/mol. The number of piperazine rings is 1. The van der Waals surface area contributed by atoms with Crippen LogP contribution >= 0.6 is 0 Å². The van der Waals surface area contributed by atoms with Crippen LogP contribution in [0.5, 0.6) is 5.88 Å². The number of halogens is 3. The standard InChI is InChI=1S/C42H47F3N4O3/c1-3-4-6-9-32-12-14-35(15-13-32)31-49(40(50)23-19-33-16-20-37(21-17-33)42(43,44)45)38(28-34-10-7-5-8-11-34)41(51)48-26-24-47(25-27-48)30-36-18-22-39(52-2)46-29-36/h5,7-8,10-23,29,38H,3-4,6,9,24-28,30-31H2,1-2H3/b23-19-/t38-/m0/s1. The van der Waals surface area contributed by atoms with E-state index in [9.17, 15) is 22.8 Å². The van der Waals surface area contributed by atoms with Crippen molar-refractivity contribution in [3.05, 3.63) is 137 Å². The highest BCUT2D eigenvalue weighted by atomic mass is 19.4. The largest absolute Gasteiger partial charge is 0.481 e. The van der Waals surface area contributed by atoms with Gasteiger partial charge in [0.25, 0.3) is 0 Å². The van der Waals surface area contributed by atoms with E-state index in [0.29, 0.717) is 50.6 Å². The third-order valence-electron chi connectivity index (χ3n) is 9.41. The number of alkyl halides is 3. The summed E-state index contributed by atoms with van der Waals surface area (Å²) in [7, 11) is 1.58. The van der Waals surface area contributed by atoms with Gasteiger partial charge < -0.3 is 14.5 Å². The Morgan fingerprint density at radius 2 is 1.52 bits per heavy atom. The molecule has 2 heterocycles. The minimum atomic E-state index is -4.45. The van der Waals surface area contributed by atoms with Crippen molar-refractivity contribution in [2.75, 3.05) is 33.3 Å². The Kier molecular flexibility index (Phi) is 13.6. The molecule has 0 unspecified atom stereocenters. The van der Waals surface area contributed by atoms with E-state index in [1.807, 2.05) is 59.5 Å². The summed E-state index contributed by atoms with van der Waals surface area (Å²) in [6.45, 7) is 5.40. The van der Waals surface area contributed by atoms with Gasteiger partial charge in [0.15, 0.2) is 0 Å². The molecule has 0 bridgehead atoms. The van der Waals surface area contributed by atoms with Gasteiger partial charge in [0.1, 0.15) is 6.04 Å². The van der Waals surface area contributed by atoms with Crippen molar-refractivity contribution in [1.29, 1.82) is 0 Å². The van der Waals surface area contributed by atoms with Crippen LogP contribution in [-0.4, -0.2) is 70.8 Å². The first-order valence-corrected chi connectivity index (χ1v) is 17.9. The molecule has 1 atom stereocenters. The lowest BCUT2D eigenvalue weighted by Gasteiger charge is -2.39. The zero-order valence-electron chi connectivity index (χ0n) is 29.9. The molecule has 1 saturated heterocycles. The number of carbonyl (C=O) groups excluding carboxylic acids is 2. The molecule has 3 aromatic carbocycles. The lowest BCUT2D eigenvalue weighted by atomic mass is 10.0. The van der Waals surface area contributed by atoms with Crippen molar-refractivity contribution in [2.45, 2.75) is 64.3 Å². The minimum absolute atomic E-state index is 0.137. The van der Waals surface area contributed by atoms with Gasteiger partial charge in [-0.1, -0.05) is 92.6 Å². The van der Waals surface area contributed by atoms with Crippen LogP contribution in [-0.2, 0) is 41.7 Å². The average Bonchev–Trinajstić information content (AvgIpc) is 3.16. The summed E-state index contributed by atoms with van der Waals surface area (Å²) in [6.07, 6.45) is 4.89. The number of amides is 2. The van der Waals surface area contributed by atoms with Crippen LogP contribution < -0.4 is 4.74 Å². The van der Waals surface area contributed by atoms with Crippen LogP contribution in [0.25, 0.3) is 6.08 Å². The van der Waals surface area contributed by atoms with E-state index in [1.165, 1.54) is 29.8 Å². The van der Waals surface area contributed by atoms with Crippen molar-refractivity contribution in [3.8, 4) is 5.88 Å². The fraction of sp³-hybridized carbons (Fsp3) is 0.357. The Bertz CT molecular complexity index is 1740. The summed E-state index contributed by atoms with van der Waals surface area (Å²) in [5.74, 6) is 0.0220. The Hall–Kier alpha value is -4.96. The predicted molar refractivity (Wildman–Crippen MR) is 197 cm³/mol. The number of methoxy groups -OCH3 is 1. The van der Waals surface area contributed by atoms with E-state index < -0.39 is 23.7 Å². The number of pyridine rings is 1. The maximum atomic E-state index is 14.5. The predicted octanol–water partition coefficient (Wildman–Crippen LogP) is 7.84. The fourth-order valence-corrected chi connectivity index (χ4v) is 6.36. The minimum Gasteiger partial charge on any atom is -0.481 e. The van der Waals surface area contributed by atoms with Gasteiger partial charge >= 0.3 is 6.18 Å². The van der Waals surface area contributed by atoms with Gasteiger partial charge in [0.2, 0.25) is 17.7 Å². The Balaban J connectivity index is 1.39. The molecule has 0 N–H and O–H groups in total. The second-order valence-electron chi connectivity index (χ2n) is 13.2. The number of ether oxygens (including phenoxy) is 1. The fourth-order valence-electron chi connectivity index (χ4n) is 6.36. The number of carbonyl (C=O) groups is 2. The van der Waals surface area contributed by atoms with Gasteiger partial charge in [-0.05, 0) is 58.9 Å². The van der Waals surface area contributed by atoms with Gasteiger partial charge in [0, 0.05) is 64.0 Å². The lowest BCUT2D eigenvalue weighted by Crippen LogP contribution is -2.56. The van der Waals surface area contributed by atoms with E-state index >= 15 is 0 Å². The Morgan fingerprint density at radius 3 is 2.13 bits per heavy atom. The van der Waals surface area contributed by atoms with Crippen molar-refractivity contribution < 1.29 is 27.5 Å². The summed E-state index contributed by atoms with van der Waals surface area (Å²) >= 11 is 0. The summed E-state index contributed by atoms with van der Waals surface area (Å²) in [5.41, 5.74) is 3.77. The van der Waals surface area contributed by atoms with Crippen molar-refractivity contribution in [3.63, 3.8) is 0 Å². The molecule has 1 aromatic heterocycles. The number of benzene rings is 3. The normalized spacial score (nSPS) is 14.4. The molecule has 0 aliphatic carbocycles. The molecule has 0 spiro atoms. The van der Waals surface area contributed by atoms with Gasteiger partial charge in [-0.15, -0.1) is 0 Å². The number of aromatic nitrogens is 1. The zero-order valence-corrected chi connectivity index (χ0v) is 29.9. The molecule has 10 heteroatoms.